The van der Waals surface area contributed by atoms with Crippen LogP contribution in [0.4, 0.5) is 5.69 Å². The molecule has 2 unspecified atom stereocenters. The first-order chi connectivity index (χ1) is 9.01. The summed E-state index contributed by atoms with van der Waals surface area (Å²) < 4.78 is 5.62. The number of ether oxygens (including phenoxy) is 1. The zero-order valence-corrected chi connectivity index (χ0v) is 11.8. The van der Waals surface area contributed by atoms with E-state index in [-0.39, 0.29) is 17.6 Å². The Morgan fingerprint density at radius 1 is 1.47 bits per heavy atom. The molecule has 2 rings (SSSR count). The standard InChI is InChI=1S/C15H22N2O2/c1-11-15(3,8-9-19-11)16-10-13-6-4-5-7-14(13)17-12(2)18/h4-7,11,16H,8-10H2,1-3H3,(H,17,18). The average molecular weight is 262 g/mol. The predicted molar refractivity (Wildman–Crippen MR) is 76.0 cm³/mol. The average Bonchev–Trinajstić information content (AvgIpc) is 2.68. The van der Waals surface area contributed by atoms with Crippen LogP contribution in [0.1, 0.15) is 32.8 Å². The molecular formula is C15H22N2O2. The molecule has 1 amide bonds. The molecule has 0 radical (unpaired) electrons. The molecule has 1 aromatic rings. The van der Waals surface area contributed by atoms with E-state index in [4.69, 9.17) is 4.74 Å². The van der Waals surface area contributed by atoms with Gasteiger partial charge >= 0.3 is 0 Å². The first kappa shape index (κ1) is 14.0. The summed E-state index contributed by atoms with van der Waals surface area (Å²) in [6, 6.07) is 7.87. The lowest BCUT2D eigenvalue weighted by molar-refractivity contribution is -0.114. The Kier molecular flexibility index (Phi) is 4.22. The Bertz CT molecular complexity index is 461. The molecule has 2 N–H and O–H groups in total. The Hall–Kier alpha value is -1.39. The van der Waals surface area contributed by atoms with E-state index in [1.807, 2.05) is 24.3 Å². The number of rotatable bonds is 4. The minimum atomic E-state index is -0.0452. The van der Waals surface area contributed by atoms with Crippen molar-refractivity contribution < 1.29 is 9.53 Å². The number of carbonyl (C=O) groups excluding carboxylic acids is 1. The first-order valence-electron chi connectivity index (χ1n) is 6.73. The van der Waals surface area contributed by atoms with E-state index >= 15 is 0 Å². The van der Waals surface area contributed by atoms with Crippen LogP contribution in [0.2, 0.25) is 0 Å². The van der Waals surface area contributed by atoms with Gasteiger partial charge < -0.3 is 15.4 Å². The third-order valence-electron chi connectivity index (χ3n) is 3.90. The molecule has 0 spiro atoms. The molecule has 0 aliphatic carbocycles. The highest BCUT2D eigenvalue weighted by molar-refractivity contribution is 5.89. The lowest BCUT2D eigenvalue weighted by Gasteiger charge is -2.29. The fourth-order valence-corrected chi connectivity index (χ4v) is 2.35. The zero-order valence-electron chi connectivity index (χ0n) is 11.8. The summed E-state index contributed by atoms with van der Waals surface area (Å²) in [5.41, 5.74) is 1.97. The number of carbonyl (C=O) groups is 1. The summed E-state index contributed by atoms with van der Waals surface area (Å²) in [4.78, 5) is 11.2. The van der Waals surface area contributed by atoms with E-state index in [0.29, 0.717) is 0 Å². The van der Waals surface area contributed by atoms with E-state index in [1.54, 1.807) is 0 Å². The van der Waals surface area contributed by atoms with Crippen molar-refractivity contribution in [3.63, 3.8) is 0 Å². The molecule has 0 saturated carbocycles. The van der Waals surface area contributed by atoms with Gasteiger partial charge in [0.2, 0.25) is 5.91 Å². The third kappa shape index (κ3) is 3.33. The van der Waals surface area contributed by atoms with Crippen LogP contribution in [-0.2, 0) is 16.1 Å². The highest BCUT2D eigenvalue weighted by atomic mass is 16.5. The number of benzene rings is 1. The molecule has 1 heterocycles. The summed E-state index contributed by atoms with van der Waals surface area (Å²) in [6.45, 7) is 7.34. The predicted octanol–water partition coefficient (Wildman–Crippen LogP) is 2.30. The van der Waals surface area contributed by atoms with Crippen LogP contribution in [0, 0.1) is 0 Å². The van der Waals surface area contributed by atoms with Crippen LogP contribution in [-0.4, -0.2) is 24.2 Å². The van der Waals surface area contributed by atoms with Crippen molar-refractivity contribution in [2.45, 2.75) is 45.4 Å². The lowest BCUT2D eigenvalue weighted by Crippen LogP contribution is -2.47. The van der Waals surface area contributed by atoms with Crippen molar-refractivity contribution in [1.82, 2.24) is 5.32 Å². The molecule has 104 valence electrons. The highest BCUT2D eigenvalue weighted by Gasteiger charge is 2.36. The smallest absolute Gasteiger partial charge is 0.221 e. The number of hydrogen-bond donors (Lipinski definition) is 2. The van der Waals surface area contributed by atoms with Crippen molar-refractivity contribution in [1.29, 1.82) is 0 Å². The summed E-state index contributed by atoms with van der Waals surface area (Å²) in [5, 5.41) is 6.42. The van der Waals surface area contributed by atoms with Gasteiger partial charge in [0.25, 0.3) is 0 Å². The summed E-state index contributed by atoms with van der Waals surface area (Å²) in [6.07, 6.45) is 1.22. The van der Waals surface area contributed by atoms with Crippen molar-refractivity contribution in [2.75, 3.05) is 11.9 Å². The van der Waals surface area contributed by atoms with E-state index < -0.39 is 0 Å². The van der Waals surface area contributed by atoms with Crippen LogP contribution in [0.3, 0.4) is 0 Å². The molecule has 0 bridgehead atoms. The summed E-state index contributed by atoms with van der Waals surface area (Å²) >= 11 is 0. The van der Waals surface area contributed by atoms with Crippen molar-refractivity contribution in [3.8, 4) is 0 Å². The zero-order chi connectivity index (χ0) is 13.9. The molecule has 19 heavy (non-hydrogen) atoms. The van der Waals surface area contributed by atoms with Gasteiger partial charge in [0.15, 0.2) is 0 Å². The van der Waals surface area contributed by atoms with Gasteiger partial charge in [0, 0.05) is 31.3 Å². The maximum absolute atomic E-state index is 11.2. The molecule has 1 aliphatic heterocycles. The van der Waals surface area contributed by atoms with Gasteiger partial charge in [0.05, 0.1) is 6.10 Å². The first-order valence-corrected chi connectivity index (χ1v) is 6.73. The summed E-state index contributed by atoms with van der Waals surface area (Å²) in [5.74, 6) is -0.0452. The normalized spacial score (nSPS) is 26.4. The quantitative estimate of drug-likeness (QED) is 0.875. The van der Waals surface area contributed by atoms with Gasteiger partial charge in [-0.15, -0.1) is 0 Å². The van der Waals surface area contributed by atoms with E-state index in [2.05, 4.69) is 24.5 Å². The second-order valence-electron chi connectivity index (χ2n) is 5.37. The Morgan fingerprint density at radius 3 is 2.84 bits per heavy atom. The fraction of sp³-hybridized carbons (Fsp3) is 0.533. The largest absolute Gasteiger partial charge is 0.377 e. The van der Waals surface area contributed by atoms with Gasteiger partial charge in [-0.25, -0.2) is 0 Å². The number of para-hydroxylation sites is 1. The second kappa shape index (κ2) is 5.72. The molecule has 2 atom stereocenters. The molecule has 1 aliphatic rings. The van der Waals surface area contributed by atoms with Gasteiger partial charge in [-0.05, 0) is 31.9 Å². The Labute approximate surface area is 114 Å². The van der Waals surface area contributed by atoms with Gasteiger partial charge in [0.1, 0.15) is 0 Å². The maximum Gasteiger partial charge on any atom is 0.221 e. The van der Waals surface area contributed by atoms with Gasteiger partial charge in [-0.2, -0.15) is 0 Å². The van der Waals surface area contributed by atoms with Crippen LogP contribution >= 0.6 is 0 Å². The Morgan fingerprint density at radius 2 is 2.21 bits per heavy atom. The molecular weight excluding hydrogens is 240 g/mol. The number of hydrogen-bond acceptors (Lipinski definition) is 3. The van der Waals surface area contributed by atoms with Crippen molar-refractivity contribution >= 4 is 11.6 Å². The minimum absolute atomic E-state index is 0.00331. The van der Waals surface area contributed by atoms with Crippen molar-refractivity contribution in [2.24, 2.45) is 0 Å². The molecule has 4 nitrogen and oxygen atoms in total. The maximum atomic E-state index is 11.2. The fourth-order valence-electron chi connectivity index (χ4n) is 2.35. The number of nitrogens with one attached hydrogen (secondary N) is 2. The van der Waals surface area contributed by atoms with Crippen LogP contribution in [0.5, 0.6) is 0 Å². The van der Waals surface area contributed by atoms with Crippen LogP contribution in [0.25, 0.3) is 0 Å². The third-order valence-corrected chi connectivity index (χ3v) is 3.90. The molecule has 4 heteroatoms. The number of anilines is 1. The lowest BCUT2D eigenvalue weighted by atomic mass is 9.94. The van der Waals surface area contributed by atoms with Gasteiger partial charge in [-0.1, -0.05) is 18.2 Å². The highest BCUT2D eigenvalue weighted by Crippen LogP contribution is 2.26. The van der Waals surface area contributed by atoms with E-state index in [0.717, 1.165) is 30.8 Å². The SMILES string of the molecule is CC(=O)Nc1ccccc1CNC1(C)CCOC1C. The van der Waals surface area contributed by atoms with Gasteiger partial charge in [-0.3, -0.25) is 4.79 Å². The molecule has 1 aromatic carbocycles. The Balaban J connectivity index is 2.05. The minimum Gasteiger partial charge on any atom is -0.377 e. The van der Waals surface area contributed by atoms with E-state index in [9.17, 15) is 4.79 Å². The number of amides is 1. The van der Waals surface area contributed by atoms with E-state index in [1.165, 1.54) is 6.92 Å². The molecule has 1 fully saturated rings. The molecule has 1 saturated heterocycles. The summed E-state index contributed by atoms with van der Waals surface area (Å²) in [7, 11) is 0. The van der Waals surface area contributed by atoms with Crippen molar-refractivity contribution in [3.05, 3.63) is 29.8 Å². The topological polar surface area (TPSA) is 50.4 Å². The molecule has 0 aromatic heterocycles. The second-order valence-corrected chi connectivity index (χ2v) is 5.37. The van der Waals surface area contributed by atoms with Crippen LogP contribution in [0.15, 0.2) is 24.3 Å². The van der Waals surface area contributed by atoms with Crippen LogP contribution < -0.4 is 10.6 Å². The monoisotopic (exact) mass is 262 g/mol.